The van der Waals surface area contributed by atoms with Crippen molar-refractivity contribution in [1.29, 1.82) is 0 Å². The topological polar surface area (TPSA) is 83.9 Å². The SMILES string of the molecule is COC(=O)C1CC(=O)N(c2ccc(Cl)cc2C(=O)O)C1. The zero-order valence-electron chi connectivity index (χ0n) is 10.6. The zero-order valence-corrected chi connectivity index (χ0v) is 11.4. The number of carboxylic acid groups (broad SMARTS) is 1. The molecule has 106 valence electrons. The van der Waals surface area contributed by atoms with Crippen molar-refractivity contribution in [2.24, 2.45) is 5.92 Å². The highest BCUT2D eigenvalue weighted by Gasteiger charge is 2.37. The normalized spacial score (nSPS) is 18.2. The van der Waals surface area contributed by atoms with E-state index < -0.39 is 17.9 Å². The lowest BCUT2D eigenvalue weighted by Gasteiger charge is -2.18. The second-order valence-electron chi connectivity index (χ2n) is 4.40. The van der Waals surface area contributed by atoms with Gasteiger partial charge in [-0.15, -0.1) is 0 Å². The molecule has 20 heavy (non-hydrogen) atoms. The number of hydrogen-bond donors (Lipinski definition) is 1. The highest BCUT2D eigenvalue weighted by atomic mass is 35.5. The van der Waals surface area contributed by atoms with Crippen LogP contribution in [0, 0.1) is 5.92 Å². The van der Waals surface area contributed by atoms with Crippen LogP contribution in [0.15, 0.2) is 18.2 Å². The minimum Gasteiger partial charge on any atom is -0.478 e. The molecular formula is C13H12ClNO5. The molecule has 1 saturated heterocycles. The molecular weight excluding hydrogens is 286 g/mol. The molecule has 1 aliphatic heterocycles. The minimum atomic E-state index is -1.18. The van der Waals surface area contributed by atoms with Crippen LogP contribution in [0.1, 0.15) is 16.8 Å². The maximum atomic E-state index is 12.0. The van der Waals surface area contributed by atoms with Crippen molar-refractivity contribution in [3.8, 4) is 0 Å². The van der Waals surface area contributed by atoms with Gasteiger partial charge in [-0.2, -0.15) is 0 Å². The number of benzene rings is 1. The van der Waals surface area contributed by atoms with Gasteiger partial charge in [-0.3, -0.25) is 9.59 Å². The van der Waals surface area contributed by atoms with Crippen LogP contribution in [0.2, 0.25) is 5.02 Å². The van der Waals surface area contributed by atoms with Gasteiger partial charge < -0.3 is 14.7 Å². The fourth-order valence-electron chi connectivity index (χ4n) is 2.18. The Bertz CT molecular complexity index is 586. The van der Waals surface area contributed by atoms with Crippen LogP contribution >= 0.6 is 11.6 Å². The Kier molecular flexibility index (Phi) is 3.94. The number of ether oxygens (including phenoxy) is 1. The average molecular weight is 298 g/mol. The number of esters is 1. The molecule has 0 spiro atoms. The van der Waals surface area contributed by atoms with Crippen molar-refractivity contribution in [1.82, 2.24) is 0 Å². The van der Waals surface area contributed by atoms with Crippen molar-refractivity contribution in [3.63, 3.8) is 0 Å². The van der Waals surface area contributed by atoms with E-state index in [1.54, 1.807) is 0 Å². The Hall–Kier alpha value is -2.08. The number of carbonyl (C=O) groups is 3. The lowest BCUT2D eigenvalue weighted by atomic mass is 10.1. The van der Waals surface area contributed by atoms with Crippen molar-refractivity contribution in [2.75, 3.05) is 18.6 Å². The van der Waals surface area contributed by atoms with E-state index >= 15 is 0 Å². The highest BCUT2D eigenvalue weighted by molar-refractivity contribution is 6.31. The summed E-state index contributed by atoms with van der Waals surface area (Å²) in [5.41, 5.74) is 0.162. The van der Waals surface area contributed by atoms with Gasteiger partial charge in [-0.1, -0.05) is 11.6 Å². The van der Waals surface area contributed by atoms with Gasteiger partial charge in [-0.25, -0.2) is 4.79 Å². The average Bonchev–Trinajstić information content (AvgIpc) is 2.79. The van der Waals surface area contributed by atoms with Gasteiger partial charge in [0, 0.05) is 18.0 Å². The van der Waals surface area contributed by atoms with Gasteiger partial charge in [0.1, 0.15) is 0 Å². The molecule has 0 aliphatic carbocycles. The third-order valence-corrected chi connectivity index (χ3v) is 3.37. The van der Waals surface area contributed by atoms with Gasteiger partial charge in [0.05, 0.1) is 24.3 Å². The van der Waals surface area contributed by atoms with E-state index in [-0.39, 0.29) is 35.1 Å². The van der Waals surface area contributed by atoms with Gasteiger partial charge in [-0.05, 0) is 18.2 Å². The standard InChI is InChI=1S/C13H12ClNO5/c1-20-13(19)7-4-11(16)15(6-7)10-3-2-8(14)5-9(10)12(17)18/h2-3,5,7H,4,6H2,1H3,(H,17,18). The van der Waals surface area contributed by atoms with E-state index in [0.717, 1.165) is 0 Å². The molecule has 1 unspecified atom stereocenters. The Morgan fingerprint density at radius 3 is 2.75 bits per heavy atom. The third-order valence-electron chi connectivity index (χ3n) is 3.14. The smallest absolute Gasteiger partial charge is 0.337 e. The quantitative estimate of drug-likeness (QED) is 0.856. The van der Waals surface area contributed by atoms with Crippen LogP contribution in [-0.4, -0.2) is 36.6 Å². The first-order valence-electron chi connectivity index (χ1n) is 5.85. The monoisotopic (exact) mass is 297 g/mol. The lowest BCUT2D eigenvalue weighted by Crippen LogP contribution is -2.27. The molecule has 1 aromatic rings. The van der Waals surface area contributed by atoms with Crippen LogP contribution in [0.3, 0.4) is 0 Å². The first-order valence-corrected chi connectivity index (χ1v) is 6.23. The molecule has 2 rings (SSSR count). The maximum Gasteiger partial charge on any atom is 0.337 e. The fourth-order valence-corrected chi connectivity index (χ4v) is 2.35. The van der Waals surface area contributed by atoms with Crippen LogP contribution in [-0.2, 0) is 14.3 Å². The molecule has 0 saturated carbocycles. The van der Waals surface area contributed by atoms with E-state index in [4.69, 9.17) is 16.7 Å². The first kappa shape index (κ1) is 14.3. The summed E-state index contributed by atoms with van der Waals surface area (Å²) < 4.78 is 4.61. The summed E-state index contributed by atoms with van der Waals surface area (Å²) in [6.07, 6.45) is 0.00829. The summed E-state index contributed by atoms with van der Waals surface area (Å²) in [7, 11) is 1.25. The second-order valence-corrected chi connectivity index (χ2v) is 4.83. The second kappa shape index (κ2) is 5.50. The molecule has 1 amide bonds. The zero-order chi connectivity index (χ0) is 14.9. The van der Waals surface area contributed by atoms with Crippen LogP contribution < -0.4 is 4.90 Å². The van der Waals surface area contributed by atoms with Gasteiger partial charge in [0.15, 0.2) is 0 Å². The fraction of sp³-hybridized carbons (Fsp3) is 0.308. The first-order chi connectivity index (χ1) is 9.43. The van der Waals surface area contributed by atoms with Crippen molar-refractivity contribution in [2.45, 2.75) is 6.42 Å². The van der Waals surface area contributed by atoms with Crippen molar-refractivity contribution in [3.05, 3.63) is 28.8 Å². The summed E-state index contributed by atoms with van der Waals surface area (Å²) in [5.74, 6) is -2.56. The Morgan fingerprint density at radius 1 is 1.45 bits per heavy atom. The number of amides is 1. The lowest BCUT2D eigenvalue weighted by molar-refractivity contribution is -0.145. The van der Waals surface area contributed by atoms with Gasteiger partial charge in [0.25, 0.3) is 0 Å². The third kappa shape index (κ3) is 2.60. The van der Waals surface area contributed by atoms with Crippen LogP contribution in [0.25, 0.3) is 0 Å². The molecule has 1 atom stereocenters. The van der Waals surface area contributed by atoms with Crippen LogP contribution in [0.5, 0.6) is 0 Å². The number of carbonyl (C=O) groups excluding carboxylic acids is 2. The number of carboxylic acids is 1. The summed E-state index contributed by atoms with van der Waals surface area (Å²) >= 11 is 5.76. The largest absolute Gasteiger partial charge is 0.478 e. The number of nitrogens with zero attached hydrogens (tertiary/aromatic N) is 1. The van der Waals surface area contributed by atoms with Crippen molar-refractivity contribution >= 4 is 35.1 Å². The highest BCUT2D eigenvalue weighted by Crippen LogP contribution is 2.30. The predicted octanol–water partition coefficient (Wildman–Crippen LogP) is 1.56. The van der Waals surface area contributed by atoms with E-state index in [0.29, 0.717) is 0 Å². The molecule has 7 heteroatoms. The maximum absolute atomic E-state index is 12.0. The Labute approximate surface area is 119 Å². The summed E-state index contributed by atoms with van der Waals surface area (Å²) in [6.45, 7) is 0.105. The summed E-state index contributed by atoms with van der Waals surface area (Å²) in [4.78, 5) is 35.9. The van der Waals surface area contributed by atoms with Crippen molar-refractivity contribution < 1.29 is 24.2 Å². The number of methoxy groups -OCH3 is 1. The summed E-state index contributed by atoms with van der Waals surface area (Å²) in [6, 6.07) is 4.24. The molecule has 0 aromatic heterocycles. The molecule has 1 heterocycles. The van der Waals surface area contributed by atoms with E-state index in [1.807, 2.05) is 0 Å². The van der Waals surface area contributed by atoms with E-state index in [2.05, 4.69) is 4.74 Å². The number of rotatable bonds is 3. The van der Waals surface area contributed by atoms with E-state index in [9.17, 15) is 14.4 Å². The van der Waals surface area contributed by atoms with Crippen LogP contribution in [0.4, 0.5) is 5.69 Å². The number of hydrogen-bond acceptors (Lipinski definition) is 4. The Morgan fingerprint density at radius 2 is 2.15 bits per heavy atom. The molecule has 1 N–H and O–H groups in total. The number of anilines is 1. The van der Waals surface area contributed by atoms with Gasteiger partial charge >= 0.3 is 11.9 Å². The molecule has 6 nitrogen and oxygen atoms in total. The summed E-state index contributed by atoms with van der Waals surface area (Å²) in [5, 5.41) is 9.44. The Balaban J connectivity index is 2.35. The predicted molar refractivity (Wildman–Crippen MR) is 70.9 cm³/mol. The van der Waals surface area contributed by atoms with E-state index in [1.165, 1.54) is 30.2 Å². The van der Waals surface area contributed by atoms with Gasteiger partial charge in [0.2, 0.25) is 5.91 Å². The number of halogens is 1. The number of aromatic carboxylic acids is 1. The molecule has 1 aromatic carbocycles. The molecule has 1 aliphatic rings. The minimum absolute atomic E-state index is 0.00829. The molecule has 0 bridgehead atoms. The molecule has 0 radical (unpaired) electrons. The molecule has 1 fully saturated rings.